The second-order valence-electron chi connectivity index (χ2n) is 19.3. The summed E-state index contributed by atoms with van der Waals surface area (Å²) in [5.41, 5.74) is 8.34. The number of ketones is 1. The molecule has 19 nitrogen and oxygen atoms in total. The molecular weight excluding hydrogens is 1130 g/mol. The summed E-state index contributed by atoms with van der Waals surface area (Å²) in [7, 11) is 0. The Hall–Kier alpha value is -6.13. The second-order valence-corrected chi connectivity index (χ2v) is 20.9. The van der Waals surface area contributed by atoms with Crippen molar-refractivity contribution in [3.05, 3.63) is 118 Å². The Labute approximate surface area is 475 Å². The van der Waals surface area contributed by atoms with Gasteiger partial charge in [-0.15, -0.1) is 0 Å². The SMILES string of the molecule is CC(C)[C@H](NC(=O)CCOCCOCCOCCN1C(=O)C(Br)=C(Br)C1=O)C(=O)C[C@@H](CCCNC(N)=O)C(=O)Nc1ccc(C[n+]2cccc(/C=C/C(=O)NCCCCC3CCN(C(=O)c4ccccc4)CC3)c2)cc1.[CH3-]. The Bertz CT molecular complexity index is 2500. The Kier molecular flexibility index (Phi) is 28.6. The number of halogens is 2. The van der Waals surface area contributed by atoms with Crippen molar-refractivity contribution in [3.63, 3.8) is 0 Å². The molecule has 21 heteroatoms. The van der Waals surface area contributed by atoms with E-state index in [-0.39, 0.29) is 124 Å². The van der Waals surface area contributed by atoms with Crippen LogP contribution in [0.3, 0.4) is 0 Å². The molecule has 78 heavy (non-hydrogen) atoms. The van der Waals surface area contributed by atoms with Crippen LogP contribution in [0.4, 0.5) is 10.5 Å². The van der Waals surface area contributed by atoms with Crippen LogP contribution in [0.15, 0.2) is 94.2 Å². The lowest BCUT2D eigenvalue weighted by atomic mass is 9.89. The molecule has 1 fully saturated rings. The van der Waals surface area contributed by atoms with E-state index in [1.807, 2.05) is 90.3 Å². The van der Waals surface area contributed by atoms with Gasteiger partial charge in [0.1, 0.15) is 8.96 Å². The number of unbranched alkanes of at least 4 members (excludes halogenated alkanes) is 1. The quantitative estimate of drug-likeness (QED) is 0.0150. The van der Waals surface area contributed by atoms with Crippen LogP contribution < -0.4 is 31.6 Å². The van der Waals surface area contributed by atoms with Gasteiger partial charge in [0, 0.05) is 79.5 Å². The van der Waals surface area contributed by atoms with Crippen LogP contribution in [0.2, 0.25) is 0 Å². The monoisotopic (exact) mass is 1210 g/mol. The molecule has 2 aromatic carbocycles. The van der Waals surface area contributed by atoms with Gasteiger partial charge in [-0.05, 0) is 112 Å². The van der Waals surface area contributed by atoms with E-state index in [0.29, 0.717) is 31.1 Å². The van der Waals surface area contributed by atoms with Crippen molar-refractivity contribution in [2.24, 2.45) is 23.5 Å². The number of Topliss-reactive ketones (excluding diaryl/α,β-unsaturated/α-hetero) is 1. The van der Waals surface area contributed by atoms with Crippen molar-refractivity contribution in [1.82, 2.24) is 25.8 Å². The van der Waals surface area contributed by atoms with Gasteiger partial charge in [-0.25, -0.2) is 9.36 Å². The standard InChI is InChI=1S/C56H72Br2N8O11.CH3/c1-39(2)51(63-48(69)23-30-75-32-34-77-35-33-76-31-29-66-54(72)49(57)50(58)55(66)73)46(67)36-44(14-8-25-61-56(59)74)52(70)62-45-18-15-42(16-19-45)38-64-26-9-11-41(37-64)17-20-47(68)60-24-7-6-10-40-21-27-65(28-22-40)53(71)43-12-4-3-5-13-43;/h3-5,9,11-13,15-20,26,37,39-40,44,51H,6-8,10,14,21-25,27-36,38H2,1-2H3,(H5-,59,60,61,62,63,68,69,70,74);1H3/q;-1/p+1/b20-17+;/t44-,51+;/m1./s1. The summed E-state index contributed by atoms with van der Waals surface area (Å²) in [6, 6.07) is 19.1. The number of nitrogens with two attached hydrogens (primary N) is 1. The molecule has 0 unspecified atom stereocenters. The van der Waals surface area contributed by atoms with Crippen LogP contribution in [-0.2, 0) is 49.5 Å². The number of carbonyl (C=O) groups is 8. The van der Waals surface area contributed by atoms with E-state index in [2.05, 4.69) is 53.1 Å². The van der Waals surface area contributed by atoms with E-state index < -0.39 is 29.8 Å². The lowest BCUT2D eigenvalue weighted by Gasteiger charge is -2.32. The molecule has 0 bridgehead atoms. The minimum Gasteiger partial charge on any atom is -0.379 e. The van der Waals surface area contributed by atoms with Gasteiger partial charge < -0.3 is 53.5 Å². The van der Waals surface area contributed by atoms with Crippen molar-refractivity contribution in [1.29, 1.82) is 0 Å². The van der Waals surface area contributed by atoms with Crippen LogP contribution in [0.1, 0.15) is 93.1 Å². The molecule has 6 N–H and O–H groups in total. The molecule has 2 atom stereocenters. The number of pyridine rings is 1. The van der Waals surface area contributed by atoms with E-state index >= 15 is 0 Å². The lowest BCUT2D eigenvalue weighted by Crippen LogP contribution is -2.45. The van der Waals surface area contributed by atoms with Gasteiger partial charge in [-0.2, -0.15) is 0 Å². The number of likely N-dealkylation sites (tertiary alicyclic amines) is 1. The van der Waals surface area contributed by atoms with Crippen molar-refractivity contribution in [3.8, 4) is 0 Å². The molecule has 0 radical (unpaired) electrons. The number of imide groups is 1. The lowest BCUT2D eigenvalue weighted by molar-refractivity contribution is -0.688. The van der Waals surface area contributed by atoms with Crippen molar-refractivity contribution in [2.45, 2.75) is 84.2 Å². The summed E-state index contributed by atoms with van der Waals surface area (Å²) >= 11 is 6.17. The minimum atomic E-state index is -0.851. The molecule has 3 heterocycles. The molecule has 2 aliphatic heterocycles. The maximum Gasteiger partial charge on any atom is 0.312 e. The Morgan fingerprint density at radius 3 is 2.09 bits per heavy atom. The number of piperidine rings is 1. The van der Waals surface area contributed by atoms with Gasteiger partial charge >= 0.3 is 6.03 Å². The van der Waals surface area contributed by atoms with E-state index in [9.17, 15) is 38.4 Å². The molecule has 3 aromatic rings. The zero-order chi connectivity index (χ0) is 55.5. The van der Waals surface area contributed by atoms with Crippen LogP contribution in [0, 0.1) is 25.2 Å². The molecule has 0 aliphatic carbocycles. The number of ether oxygens (including phenoxy) is 3. The fraction of sp³-hybridized carbons (Fsp3) is 0.474. The highest BCUT2D eigenvalue weighted by molar-refractivity contribution is 9.14. The average Bonchev–Trinajstić information content (AvgIpc) is 3.61. The van der Waals surface area contributed by atoms with Gasteiger partial charge in [0.05, 0.1) is 52.2 Å². The average molecular weight is 1210 g/mol. The minimum absolute atomic E-state index is 0. The molecular formula is C57H76Br2N8O11. The zero-order valence-electron chi connectivity index (χ0n) is 45.0. The number of hydrogen-bond donors (Lipinski definition) is 5. The summed E-state index contributed by atoms with van der Waals surface area (Å²) in [6.45, 7) is 7.84. The Balaban J connectivity index is 0.0000131. The first kappa shape index (κ1) is 64.4. The van der Waals surface area contributed by atoms with Crippen LogP contribution >= 0.6 is 31.9 Å². The van der Waals surface area contributed by atoms with Gasteiger partial charge in [-0.3, -0.25) is 38.5 Å². The number of amides is 8. The highest BCUT2D eigenvalue weighted by Crippen LogP contribution is 2.29. The van der Waals surface area contributed by atoms with Crippen LogP contribution in [0.5, 0.6) is 0 Å². The largest absolute Gasteiger partial charge is 0.379 e. The summed E-state index contributed by atoms with van der Waals surface area (Å²) in [5, 5.41) is 11.3. The molecule has 1 saturated heterocycles. The third-order valence-corrected chi connectivity index (χ3v) is 15.1. The molecule has 0 spiro atoms. The number of nitrogens with zero attached hydrogens (tertiary/aromatic N) is 3. The number of rotatable bonds is 33. The maximum atomic E-state index is 13.8. The van der Waals surface area contributed by atoms with Gasteiger partial charge in [0.2, 0.25) is 17.7 Å². The number of hydrogen-bond acceptors (Lipinski definition) is 11. The number of aromatic nitrogens is 1. The van der Waals surface area contributed by atoms with E-state index in [4.69, 9.17) is 19.9 Å². The number of nitrogens with one attached hydrogen (secondary N) is 4. The topological polar surface area (TPSA) is 249 Å². The van der Waals surface area contributed by atoms with Crippen molar-refractivity contribution >= 4 is 90.9 Å². The molecule has 0 saturated carbocycles. The van der Waals surface area contributed by atoms with Crippen molar-refractivity contribution < 1.29 is 57.1 Å². The molecule has 1 aromatic heterocycles. The van der Waals surface area contributed by atoms with Gasteiger partial charge in [0.15, 0.2) is 24.7 Å². The molecule has 8 amide bonds. The van der Waals surface area contributed by atoms with E-state index in [1.54, 1.807) is 18.2 Å². The first-order valence-electron chi connectivity index (χ1n) is 26.3. The summed E-state index contributed by atoms with van der Waals surface area (Å²) < 4.78 is 18.8. The first-order chi connectivity index (χ1) is 37.1. The number of anilines is 1. The summed E-state index contributed by atoms with van der Waals surface area (Å²) in [6.07, 6.45) is 12.7. The third kappa shape index (κ3) is 22.3. The summed E-state index contributed by atoms with van der Waals surface area (Å²) in [4.78, 5) is 104. The smallest absolute Gasteiger partial charge is 0.312 e. The number of urea groups is 1. The van der Waals surface area contributed by atoms with E-state index in [0.717, 1.165) is 66.8 Å². The fourth-order valence-corrected chi connectivity index (χ4v) is 9.55. The second kappa shape index (κ2) is 34.7. The van der Waals surface area contributed by atoms with E-state index in [1.165, 1.54) is 6.08 Å². The fourth-order valence-electron chi connectivity index (χ4n) is 8.78. The summed E-state index contributed by atoms with van der Waals surface area (Å²) in [5.74, 6) is -2.41. The van der Waals surface area contributed by atoms with Crippen LogP contribution in [0.25, 0.3) is 6.08 Å². The van der Waals surface area contributed by atoms with Gasteiger partial charge in [-0.1, -0.05) is 57.0 Å². The zero-order valence-corrected chi connectivity index (χ0v) is 48.2. The highest BCUT2D eigenvalue weighted by atomic mass is 79.9. The Morgan fingerprint density at radius 2 is 1.44 bits per heavy atom. The van der Waals surface area contributed by atoms with Crippen molar-refractivity contribution in [2.75, 3.05) is 77.7 Å². The predicted molar refractivity (Wildman–Crippen MR) is 304 cm³/mol. The molecule has 5 rings (SSSR count). The first-order valence-corrected chi connectivity index (χ1v) is 27.9. The number of primary amides is 1. The van der Waals surface area contributed by atoms with Gasteiger partial charge in [0.25, 0.3) is 17.7 Å². The highest BCUT2D eigenvalue weighted by Gasteiger charge is 2.35. The maximum absolute atomic E-state index is 13.8. The normalized spacial score (nSPS) is 14.6. The molecule has 424 valence electrons. The third-order valence-electron chi connectivity index (χ3n) is 13.1. The molecule has 2 aliphatic rings. The number of carbonyl (C=O) groups excluding carboxylic acids is 8. The number of benzene rings is 2. The Morgan fingerprint density at radius 1 is 0.795 bits per heavy atom. The predicted octanol–water partition coefficient (Wildman–Crippen LogP) is 6.24. The van der Waals surface area contributed by atoms with Crippen LogP contribution in [-0.4, -0.2) is 135 Å².